The molecule has 4 nitrogen and oxygen atoms in total. The molecule has 4 heteroatoms. The molecule has 0 aromatic rings. The van der Waals surface area contributed by atoms with E-state index in [-0.39, 0.29) is 17.7 Å². The Balaban J connectivity index is 1.76. The highest BCUT2D eigenvalue weighted by molar-refractivity contribution is 5.84. The molecular formula is C17H29NO3. The molecule has 0 saturated heterocycles. The van der Waals surface area contributed by atoms with E-state index < -0.39 is 11.7 Å². The summed E-state index contributed by atoms with van der Waals surface area (Å²) in [6.07, 6.45) is 7.36. The number of ether oxygens (including phenoxy) is 1. The smallest absolute Gasteiger partial charge is 0.408 e. The van der Waals surface area contributed by atoms with Crippen LogP contribution >= 0.6 is 0 Å². The standard InChI is InChI=1S/C17H29NO3/c1-15(2,3)21-14(20)18-12-13(19)11-17-8-5-16(4,6-9-17)7-10-17/h5-12H2,1-4H3,(H,18,20). The Kier molecular flexibility index (Phi) is 4.36. The average Bonchev–Trinajstić information content (AvgIpc) is 2.36. The lowest BCUT2D eigenvalue weighted by atomic mass is 9.53. The van der Waals surface area contributed by atoms with Gasteiger partial charge in [-0.25, -0.2) is 4.79 Å². The molecule has 3 aliphatic rings. The van der Waals surface area contributed by atoms with E-state index in [1.165, 1.54) is 38.5 Å². The molecule has 2 bridgehead atoms. The summed E-state index contributed by atoms with van der Waals surface area (Å²) in [5, 5.41) is 2.58. The van der Waals surface area contributed by atoms with Crippen molar-refractivity contribution >= 4 is 11.9 Å². The minimum absolute atomic E-state index is 0.0912. The van der Waals surface area contributed by atoms with Gasteiger partial charge in [0, 0.05) is 6.42 Å². The Hall–Kier alpha value is -1.06. The fourth-order valence-corrected chi connectivity index (χ4v) is 3.68. The highest BCUT2D eigenvalue weighted by atomic mass is 16.6. The summed E-state index contributed by atoms with van der Waals surface area (Å²) < 4.78 is 5.15. The van der Waals surface area contributed by atoms with E-state index >= 15 is 0 Å². The lowest BCUT2D eigenvalue weighted by Gasteiger charge is -2.52. The molecule has 0 aromatic heterocycles. The van der Waals surface area contributed by atoms with Gasteiger partial charge in [0.1, 0.15) is 5.60 Å². The van der Waals surface area contributed by atoms with Gasteiger partial charge in [0.15, 0.2) is 5.78 Å². The minimum atomic E-state index is -0.525. The number of hydrogen-bond acceptors (Lipinski definition) is 3. The third-order valence-corrected chi connectivity index (χ3v) is 5.18. The molecule has 0 spiro atoms. The van der Waals surface area contributed by atoms with Crippen LogP contribution in [0.3, 0.4) is 0 Å². The summed E-state index contributed by atoms with van der Waals surface area (Å²) in [5.41, 5.74) is 0.215. The first-order chi connectivity index (χ1) is 9.62. The predicted octanol–water partition coefficient (Wildman–Crippen LogP) is 3.83. The summed E-state index contributed by atoms with van der Waals surface area (Å²) in [6.45, 7) is 7.91. The molecule has 0 unspecified atom stereocenters. The molecule has 21 heavy (non-hydrogen) atoms. The van der Waals surface area contributed by atoms with E-state index in [9.17, 15) is 9.59 Å². The zero-order chi connectivity index (χ0) is 15.7. The number of carbonyl (C=O) groups excluding carboxylic acids is 2. The van der Waals surface area contributed by atoms with Crippen LogP contribution in [0.25, 0.3) is 0 Å². The van der Waals surface area contributed by atoms with Crippen LogP contribution in [0.2, 0.25) is 0 Å². The summed E-state index contributed by atoms with van der Waals surface area (Å²) in [6, 6.07) is 0. The van der Waals surface area contributed by atoms with Gasteiger partial charge in [-0.1, -0.05) is 6.92 Å². The van der Waals surface area contributed by atoms with Crippen molar-refractivity contribution in [2.24, 2.45) is 10.8 Å². The summed E-state index contributed by atoms with van der Waals surface area (Å²) >= 11 is 0. The molecule has 1 amide bonds. The first kappa shape index (κ1) is 16.3. The lowest BCUT2D eigenvalue weighted by Crippen LogP contribution is -2.42. The van der Waals surface area contributed by atoms with Crippen molar-refractivity contribution in [1.82, 2.24) is 5.32 Å². The van der Waals surface area contributed by atoms with Crippen molar-refractivity contribution in [2.45, 2.75) is 78.2 Å². The second-order valence-corrected chi connectivity index (χ2v) is 8.38. The number of alkyl carbamates (subject to hydrolysis) is 1. The van der Waals surface area contributed by atoms with E-state index in [4.69, 9.17) is 4.74 Å². The molecule has 120 valence electrons. The topological polar surface area (TPSA) is 55.4 Å². The zero-order valence-electron chi connectivity index (χ0n) is 13.9. The van der Waals surface area contributed by atoms with Crippen molar-refractivity contribution in [3.8, 4) is 0 Å². The van der Waals surface area contributed by atoms with E-state index in [2.05, 4.69) is 12.2 Å². The Morgan fingerprint density at radius 3 is 2.05 bits per heavy atom. The van der Waals surface area contributed by atoms with Gasteiger partial charge >= 0.3 is 6.09 Å². The molecule has 3 fully saturated rings. The van der Waals surface area contributed by atoms with E-state index in [0.717, 1.165) is 0 Å². The Labute approximate surface area is 128 Å². The van der Waals surface area contributed by atoms with Gasteiger partial charge in [0.25, 0.3) is 0 Å². The van der Waals surface area contributed by atoms with Gasteiger partial charge in [-0.05, 0) is 70.1 Å². The van der Waals surface area contributed by atoms with Gasteiger partial charge < -0.3 is 10.1 Å². The van der Waals surface area contributed by atoms with E-state index in [1.54, 1.807) is 0 Å². The van der Waals surface area contributed by atoms with Crippen LogP contribution in [-0.2, 0) is 9.53 Å². The Morgan fingerprint density at radius 2 is 1.57 bits per heavy atom. The van der Waals surface area contributed by atoms with Crippen LogP contribution in [0.4, 0.5) is 4.79 Å². The maximum atomic E-state index is 12.2. The van der Waals surface area contributed by atoms with Gasteiger partial charge in [-0.15, -0.1) is 0 Å². The Bertz CT molecular complexity index is 398. The molecule has 3 rings (SSSR count). The van der Waals surface area contributed by atoms with E-state index in [1.807, 2.05) is 20.8 Å². The average molecular weight is 295 g/mol. The lowest BCUT2D eigenvalue weighted by molar-refractivity contribution is -0.123. The maximum absolute atomic E-state index is 12.2. The van der Waals surface area contributed by atoms with Crippen molar-refractivity contribution in [1.29, 1.82) is 0 Å². The molecule has 3 saturated carbocycles. The number of ketones is 1. The van der Waals surface area contributed by atoms with Gasteiger partial charge in [-0.3, -0.25) is 4.79 Å². The van der Waals surface area contributed by atoms with Crippen molar-refractivity contribution < 1.29 is 14.3 Å². The highest BCUT2D eigenvalue weighted by Crippen LogP contribution is 2.58. The number of hydrogen-bond donors (Lipinski definition) is 1. The molecule has 0 radical (unpaired) electrons. The van der Waals surface area contributed by atoms with Crippen molar-refractivity contribution in [3.05, 3.63) is 0 Å². The number of fused-ring (bicyclic) bond motifs is 3. The minimum Gasteiger partial charge on any atom is -0.444 e. The molecular weight excluding hydrogens is 266 g/mol. The predicted molar refractivity (Wildman–Crippen MR) is 82.1 cm³/mol. The molecule has 0 heterocycles. The monoisotopic (exact) mass is 295 g/mol. The van der Waals surface area contributed by atoms with Crippen LogP contribution in [-0.4, -0.2) is 24.0 Å². The molecule has 0 aromatic carbocycles. The SMILES string of the molecule is CC12CCC(CC(=O)CNC(=O)OC(C)(C)C)(CC1)CC2. The summed E-state index contributed by atoms with van der Waals surface area (Å²) in [5.74, 6) is 0.131. The zero-order valence-corrected chi connectivity index (χ0v) is 13.9. The fraction of sp³-hybridized carbons (Fsp3) is 0.882. The second kappa shape index (κ2) is 5.62. The van der Waals surface area contributed by atoms with Crippen LogP contribution in [0.15, 0.2) is 0 Å². The van der Waals surface area contributed by atoms with Gasteiger partial charge in [0.2, 0.25) is 0 Å². The van der Waals surface area contributed by atoms with Crippen molar-refractivity contribution in [3.63, 3.8) is 0 Å². The number of amides is 1. The molecule has 1 N–H and O–H groups in total. The summed E-state index contributed by atoms with van der Waals surface area (Å²) in [7, 11) is 0. The molecule has 3 aliphatic carbocycles. The third kappa shape index (κ3) is 4.45. The number of nitrogens with one attached hydrogen (secondary N) is 1. The van der Waals surface area contributed by atoms with Gasteiger partial charge in [0.05, 0.1) is 6.54 Å². The quantitative estimate of drug-likeness (QED) is 0.857. The van der Waals surface area contributed by atoms with E-state index in [0.29, 0.717) is 11.8 Å². The third-order valence-electron chi connectivity index (χ3n) is 5.18. The van der Waals surface area contributed by atoms with Crippen LogP contribution in [0.1, 0.15) is 72.6 Å². The fourth-order valence-electron chi connectivity index (χ4n) is 3.68. The number of rotatable bonds is 4. The van der Waals surface area contributed by atoms with Crippen LogP contribution < -0.4 is 5.32 Å². The normalized spacial score (nSPS) is 31.8. The first-order valence-electron chi connectivity index (χ1n) is 8.10. The van der Waals surface area contributed by atoms with Crippen LogP contribution in [0.5, 0.6) is 0 Å². The van der Waals surface area contributed by atoms with Crippen LogP contribution in [0, 0.1) is 10.8 Å². The first-order valence-corrected chi connectivity index (χ1v) is 8.10. The number of carbonyl (C=O) groups is 2. The second-order valence-electron chi connectivity index (χ2n) is 8.38. The van der Waals surface area contributed by atoms with Gasteiger partial charge in [-0.2, -0.15) is 0 Å². The van der Waals surface area contributed by atoms with Crippen molar-refractivity contribution in [2.75, 3.05) is 6.54 Å². The molecule has 0 aliphatic heterocycles. The number of Topliss-reactive ketones (excluding diaryl/α,β-unsaturated/α-hetero) is 1. The maximum Gasteiger partial charge on any atom is 0.408 e. The summed E-state index contributed by atoms with van der Waals surface area (Å²) in [4.78, 5) is 23.7. The highest BCUT2D eigenvalue weighted by Gasteiger charge is 2.46. The molecule has 0 atom stereocenters. The Morgan fingerprint density at radius 1 is 1.05 bits per heavy atom. The largest absolute Gasteiger partial charge is 0.444 e.